The minimum Gasteiger partial charge on any atom is -0.337 e. The topological polar surface area (TPSA) is 32.3 Å². The summed E-state index contributed by atoms with van der Waals surface area (Å²) in [7, 11) is 0. The number of amides is 1. The second-order valence-corrected chi connectivity index (χ2v) is 5.37. The Morgan fingerprint density at radius 1 is 1.33 bits per heavy atom. The molecule has 18 heavy (non-hydrogen) atoms. The number of carbonyl (C=O) groups excluding carboxylic acids is 1. The lowest BCUT2D eigenvalue weighted by molar-refractivity contribution is -0.138. The van der Waals surface area contributed by atoms with E-state index in [2.05, 4.69) is 24.4 Å². The zero-order chi connectivity index (χ0) is 13.1. The highest BCUT2D eigenvalue weighted by Gasteiger charge is 2.30. The molecule has 1 aromatic rings. The summed E-state index contributed by atoms with van der Waals surface area (Å²) in [5.74, 6) is 0.326. The molecule has 1 heterocycles. The summed E-state index contributed by atoms with van der Waals surface area (Å²) < 4.78 is 0. The van der Waals surface area contributed by atoms with Crippen molar-refractivity contribution in [2.45, 2.75) is 32.9 Å². The summed E-state index contributed by atoms with van der Waals surface area (Å²) in [5, 5.41) is 3.52. The fourth-order valence-electron chi connectivity index (χ4n) is 2.41. The van der Waals surface area contributed by atoms with Crippen LogP contribution in [0.5, 0.6) is 0 Å². The smallest absolute Gasteiger partial charge is 0.225 e. The molecule has 0 aromatic heterocycles. The maximum atomic E-state index is 12.2. The van der Waals surface area contributed by atoms with Crippen molar-refractivity contribution < 1.29 is 4.79 Å². The predicted octanol–water partition coefficient (Wildman–Crippen LogP) is 2.20. The number of hydrogen-bond acceptors (Lipinski definition) is 2. The minimum atomic E-state index is 0.0713. The lowest BCUT2D eigenvalue weighted by Crippen LogP contribution is -2.54. The van der Waals surface area contributed by atoms with Gasteiger partial charge in [-0.15, -0.1) is 0 Å². The first-order chi connectivity index (χ1) is 8.59. The highest BCUT2D eigenvalue weighted by molar-refractivity contribution is 5.78. The number of benzene rings is 1. The van der Waals surface area contributed by atoms with Gasteiger partial charge in [0.2, 0.25) is 5.91 Å². The standard InChI is InChI=1S/C15H22N2O/c1-11(2)15(18)17-10-14(16-9-12(17)3)13-7-5-4-6-8-13/h4-8,11-12,14,16H,9-10H2,1-3H3. The predicted molar refractivity (Wildman–Crippen MR) is 73.2 cm³/mol. The Balaban J connectivity index is 2.12. The summed E-state index contributed by atoms with van der Waals surface area (Å²) in [4.78, 5) is 14.2. The molecule has 3 heteroatoms. The maximum absolute atomic E-state index is 12.2. The van der Waals surface area contributed by atoms with Crippen molar-refractivity contribution in [3.05, 3.63) is 35.9 Å². The molecule has 1 saturated heterocycles. The molecule has 2 atom stereocenters. The molecular weight excluding hydrogens is 224 g/mol. The van der Waals surface area contributed by atoms with Gasteiger partial charge >= 0.3 is 0 Å². The van der Waals surface area contributed by atoms with E-state index in [-0.39, 0.29) is 23.9 Å². The van der Waals surface area contributed by atoms with E-state index >= 15 is 0 Å². The first kappa shape index (κ1) is 13.1. The average molecular weight is 246 g/mol. The van der Waals surface area contributed by atoms with Gasteiger partial charge in [-0.3, -0.25) is 4.79 Å². The van der Waals surface area contributed by atoms with E-state index in [1.807, 2.05) is 36.9 Å². The van der Waals surface area contributed by atoms with Crippen molar-refractivity contribution in [2.75, 3.05) is 13.1 Å². The van der Waals surface area contributed by atoms with Gasteiger partial charge in [-0.25, -0.2) is 0 Å². The van der Waals surface area contributed by atoms with E-state index in [0.29, 0.717) is 0 Å². The number of nitrogens with one attached hydrogen (secondary N) is 1. The minimum absolute atomic E-state index is 0.0713. The molecule has 3 nitrogen and oxygen atoms in total. The SMILES string of the molecule is CC(C)C(=O)N1CC(c2ccccc2)NCC1C. The molecule has 2 rings (SSSR count). The Hall–Kier alpha value is -1.35. The Kier molecular flexibility index (Phi) is 4.02. The molecule has 0 aliphatic carbocycles. The second-order valence-electron chi connectivity index (χ2n) is 5.37. The number of rotatable bonds is 2. The Morgan fingerprint density at radius 2 is 2.00 bits per heavy atom. The van der Waals surface area contributed by atoms with Crippen LogP contribution < -0.4 is 5.32 Å². The van der Waals surface area contributed by atoms with E-state index in [1.54, 1.807) is 0 Å². The molecule has 0 radical (unpaired) electrons. The normalized spacial score (nSPS) is 24.3. The van der Waals surface area contributed by atoms with E-state index in [4.69, 9.17) is 0 Å². The molecule has 98 valence electrons. The van der Waals surface area contributed by atoms with Crippen LogP contribution in [-0.2, 0) is 4.79 Å². The van der Waals surface area contributed by atoms with Crippen LogP contribution in [0.2, 0.25) is 0 Å². The van der Waals surface area contributed by atoms with Crippen molar-refractivity contribution in [3.63, 3.8) is 0 Å². The average Bonchev–Trinajstić information content (AvgIpc) is 2.39. The number of nitrogens with zero attached hydrogens (tertiary/aromatic N) is 1. The molecule has 1 aliphatic rings. The van der Waals surface area contributed by atoms with Gasteiger partial charge in [0, 0.05) is 31.1 Å². The van der Waals surface area contributed by atoms with Crippen LogP contribution in [0, 0.1) is 5.92 Å². The third-order valence-electron chi connectivity index (χ3n) is 3.55. The van der Waals surface area contributed by atoms with E-state index in [1.165, 1.54) is 5.56 Å². The van der Waals surface area contributed by atoms with Crippen LogP contribution in [0.1, 0.15) is 32.4 Å². The van der Waals surface area contributed by atoms with Crippen LogP contribution in [0.15, 0.2) is 30.3 Å². The fraction of sp³-hybridized carbons (Fsp3) is 0.533. The zero-order valence-electron chi connectivity index (χ0n) is 11.4. The third kappa shape index (κ3) is 2.72. The van der Waals surface area contributed by atoms with Gasteiger partial charge in [-0.05, 0) is 12.5 Å². The number of hydrogen-bond donors (Lipinski definition) is 1. The molecule has 1 N–H and O–H groups in total. The molecule has 1 aromatic carbocycles. The first-order valence-corrected chi connectivity index (χ1v) is 6.68. The summed E-state index contributed by atoms with van der Waals surface area (Å²) in [6, 6.07) is 10.9. The molecule has 0 bridgehead atoms. The second kappa shape index (κ2) is 5.53. The van der Waals surface area contributed by atoms with Crippen LogP contribution in [-0.4, -0.2) is 29.9 Å². The largest absolute Gasteiger partial charge is 0.337 e. The molecule has 1 amide bonds. The van der Waals surface area contributed by atoms with Crippen molar-refractivity contribution in [3.8, 4) is 0 Å². The van der Waals surface area contributed by atoms with Gasteiger partial charge in [0.25, 0.3) is 0 Å². The monoisotopic (exact) mass is 246 g/mol. The summed E-state index contributed by atoms with van der Waals surface area (Å²) >= 11 is 0. The Morgan fingerprint density at radius 3 is 2.61 bits per heavy atom. The third-order valence-corrected chi connectivity index (χ3v) is 3.55. The molecule has 0 spiro atoms. The van der Waals surface area contributed by atoms with Gasteiger partial charge in [0.1, 0.15) is 0 Å². The molecular formula is C15H22N2O. The lowest BCUT2D eigenvalue weighted by atomic mass is 10.0. The van der Waals surface area contributed by atoms with Crippen molar-refractivity contribution in [2.24, 2.45) is 5.92 Å². The van der Waals surface area contributed by atoms with Crippen LogP contribution >= 0.6 is 0 Å². The maximum Gasteiger partial charge on any atom is 0.225 e. The highest BCUT2D eigenvalue weighted by Crippen LogP contribution is 2.21. The first-order valence-electron chi connectivity index (χ1n) is 6.68. The molecule has 1 fully saturated rings. The van der Waals surface area contributed by atoms with Gasteiger partial charge in [-0.2, -0.15) is 0 Å². The van der Waals surface area contributed by atoms with E-state index < -0.39 is 0 Å². The Bertz CT molecular complexity index is 402. The van der Waals surface area contributed by atoms with Gasteiger partial charge in [0.15, 0.2) is 0 Å². The quantitative estimate of drug-likeness (QED) is 0.867. The molecule has 0 saturated carbocycles. The Labute approximate surface area is 109 Å². The van der Waals surface area contributed by atoms with Crippen molar-refractivity contribution in [1.82, 2.24) is 10.2 Å². The fourth-order valence-corrected chi connectivity index (χ4v) is 2.41. The summed E-state index contributed by atoms with van der Waals surface area (Å²) in [6.07, 6.45) is 0. The molecule has 2 unspecified atom stereocenters. The van der Waals surface area contributed by atoms with E-state index in [9.17, 15) is 4.79 Å². The summed E-state index contributed by atoms with van der Waals surface area (Å²) in [6.45, 7) is 7.66. The zero-order valence-corrected chi connectivity index (χ0v) is 11.4. The van der Waals surface area contributed by atoms with Crippen molar-refractivity contribution >= 4 is 5.91 Å². The van der Waals surface area contributed by atoms with Crippen molar-refractivity contribution in [1.29, 1.82) is 0 Å². The van der Waals surface area contributed by atoms with Crippen LogP contribution in [0.4, 0.5) is 0 Å². The molecule has 1 aliphatic heterocycles. The lowest BCUT2D eigenvalue weighted by Gasteiger charge is -2.40. The van der Waals surface area contributed by atoms with Gasteiger partial charge in [0.05, 0.1) is 0 Å². The van der Waals surface area contributed by atoms with Gasteiger partial charge in [-0.1, -0.05) is 44.2 Å². The number of piperazine rings is 1. The van der Waals surface area contributed by atoms with Gasteiger partial charge < -0.3 is 10.2 Å². The number of carbonyl (C=O) groups is 1. The highest BCUT2D eigenvalue weighted by atomic mass is 16.2. The van der Waals surface area contributed by atoms with Crippen LogP contribution in [0.25, 0.3) is 0 Å². The van der Waals surface area contributed by atoms with Crippen LogP contribution in [0.3, 0.4) is 0 Å². The van der Waals surface area contributed by atoms with E-state index in [0.717, 1.165) is 13.1 Å². The summed E-state index contributed by atoms with van der Waals surface area (Å²) in [5.41, 5.74) is 1.26.